The molecule has 3 aromatic rings. The van der Waals surface area contributed by atoms with E-state index in [2.05, 4.69) is 24.1 Å². The highest BCUT2D eigenvalue weighted by Gasteiger charge is 2.31. The van der Waals surface area contributed by atoms with E-state index in [4.69, 9.17) is 4.74 Å². The summed E-state index contributed by atoms with van der Waals surface area (Å²) in [5.41, 5.74) is 2.23. The molecule has 4 rings (SSSR count). The quantitative estimate of drug-likeness (QED) is 0.486. The molecule has 0 radical (unpaired) electrons. The molecule has 0 saturated carbocycles. The highest BCUT2D eigenvalue weighted by atomic mass is 32.2. The van der Waals surface area contributed by atoms with Crippen molar-refractivity contribution in [1.82, 2.24) is 9.29 Å². The third-order valence-corrected chi connectivity index (χ3v) is 8.52. The Balaban J connectivity index is 1.43. The molecule has 10 heteroatoms. The van der Waals surface area contributed by atoms with Gasteiger partial charge in [-0.2, -0.15) is 4.31 Å². The number of piperidine rings is 1. The van der Waals surface area contributed by atoms with Crippen LogP contribution in [0.4, 0.5) is 5.13 Å². The second-order valence-electron chi connectivity index (χ2n) is 8.85. The second-order valence-corrected chi connectivity index (χ2v) is 11.6. The molecule has 1 amide bonds. The largest absolute Gasteiger partial charge is 0.465 e. The van der Waals surface area contributed by atoms with Gasteiger partial charge in [0.1, 0.15) is 0 Å². The molecule has 1 saturated heterocycles. The molecular formula is C25H27N3O5S2. The number of ether oxygens (including phenoxy) is 1. The summed E-state index contributed by atoms with van der Waals surface area (Å²) in [4.78, 5) is 28.9. The number of rotatable bonds is 6. The number of amides is 1. The molecule has 2 aromatic carbocycles. The normalized spacial score (nSPS) is 18.7. The van der Waals surface area contributed by atoms with Crippen LogP contribution in [0.3, 0.4) is 0 Å². The zero-order valence-electron chi connectivity index (χ0n) is 19.7. The summed E-state index contributed by atoms with van der Waals surface area (Å²) in [5.74, 6) is -0.169. The van der Waals surface area contributed by atoms with Gasteiger partial charge >= 0.3 is 5.97 Å². The van der Waals surface area contributed by atoms with Gasteiger partial charge < -0.3 is 4.74 Å². The highest BCUT2D eigenvalue weighted by Crippen LogP contribution is 2.28. The van der Waals surface area contributed by atoms with Crippen molar-refractivity contribution in [3.05, 3.63) is 65.0 Å². The number of nitrogens with zero attached hydrogens (tertiary/aromatic N) is 2. The van der Waals surface area contributed by atoms with Gasteiger partial charge in [-0.05, 0) is 54.7 Å². The minimum Gasteiger partial charge on any atom is -0.465 e. The van der Waals surface area contributed by atoms with Crippen LogP contribution in [-0.2, 0) is 14.8 Å². The number of benzene rings is 2. The van der Waals surface area contributed by atoms with E-state index in [1.165, 1.54) is 47.0 Å². The van der Waals surface area contributed by atoms with Crippen LogP contribution in [0.1, 0.15) is 41.0 Å². The molecule has 0 spiro atoms. The van der Waals surface area contributed by atoms with Crippen LogP contribution in [0.25, 0.3) is 11.3 Å². The van der Waals surface area contributed by atoms with Crippen molar-refractivity contribution >= 4 is 38.4 Å². The SMILES string of the molecule is COC(=O)c1ccc(-c2csc(NC(=O)c3ccc(S(=O)(=O)N4CC(C)CC(C)C4)cc3)n2)cc1. The predicted molar refractivity (Wildman–Crippen MR) is 135 cm³/mol. The lowest BCUT2D eigenvalue weighted by Crippen LogP contribution is -2.42. The topological polar surface area (TPSA) is 106 Å². The smallest absolute Gasteiger partial charge is 0.337 e. The molecule has 1 aromatic heterocycles. The number of thiazole rings is 1. The minimum atomic E-state index is -3.60. The molecule has 1 N–H and O–H groups in total. The van der Waals surface area contributed by atoms with Gasteiger partial charge in [-0.1, -0.05) is 26.0 Å². The Bertz CT molecular complexity index is 1310. The number of aromatic nitrogens is 1. The summed E-state index contributed by atoms with van der Waals surface area (Å²) in [6.45, 7) is 5.14. The monoisotopic (exact) mass is 513 g/mol. The number of esters is 1. The van der Waals surface area contributed by atoms with E-state index in [0.717, 1.165) is 12.0 Å². The number of carbonyl (C=O) groups is 2. The van der Waals surface area contributed by atoms with E-state index in [-0.39, 0.29) is 10.8 Å². The van der Waals surface area contributed by atoms with Crippen LogP contribution in [-0.4, -0.2) is 49.8 Å². The molecule has 0 aliphatic carbocycles. The molecule has 1 aliphatic rings. The summed E-state index contributed by atoms with van der Waals surface area (Å²) in [5, 5.41) is 4.97. The van der Waals surface area contributed by atoms with Crippen LogP contribution in [0.5, 0.6) is 0 Å². The van der Waals surface area contributed by atoms with E-state index in [9.17, 15) is 18.0 Å². The summed E-state index contributed by atoms with van der Waals surface area (Å²) in [6, 6.07) is 12.8. The first-order valence-corrected chi connectivity index (χ1v) is 13.5. The van der Waals surface area contributed by atoms with Gasteiger partial charge in [0.2, 0.25) is 10.0 Å². The molecule has 2 atom stereocenters. The van der Waals surface area contributed by atoms with Crippen LogP contribution in [0.15, 0.2) is 58.8 Å². The summed E-state index contributed by atoms with van der Waals surface area (Å²) in [6.07, 6.45) is 1.02. The Hall–Kier alpha value is -3.08. The highest BCUT2D eigenvalue weighted by molar-refractivity contribution is 7.89. The maximum absolute atomic E-state index is 13.1. The first kappa shape index (κ1) is 25.0. The Morgan fingerprint density at radius 1 is 1.00 bits per heavy atom. The van der Waals surface area contributed by atoms with Crippen molar-refractivity contribution in [2.45, 2.75) is 25.2 Å². The van der Waals surface area contributed by atoms with E-state index in [1.54, 1.807) is 29.6 Å². The van der Waals surface area contributed by atoms with Gasteiger partial charge in [-0.25, -0.2) is 18.2 Å². The van der Waals surface area contributed by atoms with Crippen LogP contribution in [0, 0.1) is 11.8 Å². The van der Waals surface area contributed by atoms with Crippen molar-refractivity contribution < 1.29 is 22.7 Å². The summed E-state index contributed by atoms with van der Waals surface area (Å²) < 4.78 is 32.3. The number of hydrogen-bond acceptors (Lipinski definition) is 7. The van der Waals surface area contributed by atoms with E-state index < -0.39 is 16.0 Å². The van der Waals surface area contributed by atoms with E-state index in [0.29, 0.717) is 46.9 Å². The van der Waals surface area contributed by atoms with Gasteiger partial charge in [0.05, 0.1) is 23.3 Å². The number of carbonyl (C=O) groups excluding carboxylic acids is 2. The Kier molecular flexibility index (Phi) is 7.34. The fourth-order valence-electron chi connectivity index (χ4n) is 4.26. The molecule has 0 bridgehead atoms. The Morgan fingerprint density at radius 2 is 1.60 bits per heavy atom. The number of anilines is 1. The third kappa shape index (κ3) is 5.61. The fraction of sp³-hybridized carbons (Fsp3) is 0.320. The molecule has 1 fully saturated rings. The molecule has 2 unspecified atom stereocenters. The van der Waals surface area contributed by atoms with Crippen molar-refractivity contribution in [3.8, 4) is 11.3 Å². The number of hydrogen-bond donors (Lipinski definition) is 1. The third-order valence-electron chi connectivity index (χ3n) is 5.92. The lowest BCUT2D eigenvalue weighted by atomic mass is 9.94. The summed E-state index contributed by atoms with van der Waals surface area (Å²) in [7, 11) is -2.28. The van der Waals surface area contributed by atoms with E-state index >= 15 is 0 Å². The molecule has 2 heterocycles. The van der Waals surface area contributed by atoms with Gasteiger partial charge in [0.15, 0.2) is 5.13 Å². The zero-order valence-corrected chi connectivity index (χ0v) is 21.4. The van der Waals surface area contributed by atoms with Gasteiger partial charge in [0.25, 0.3) is 5.91 Å². The number of methoxy groups -OCH3 is 1. The number of nitrogens with one attached hydrogen (secondary N) is 1. The Morgan fingerprint density at radius 3 is 2.20 bits per heavy atom. The Labute approximate surface area is 209 Å². The minimum absolute atomic E-state index is 0.183. The first-order chi connectivity index (χ1) is 16.7. The average molecular weight is 514 g/mol. The maximum atomic E-state index is 13.1. The lowest BCUT2D eigenvalue weighted by Gasteiger charge is -2.34. The molecular weight excluding hydrogens is 486 g/mol. The van der Waals surface area contributed by atoms with Crippen molar-refractivity contribution in [2.75, 3.05) is 25.5 Å². The lowest BCUT2D eigenvalue weighted by molar-refractivity contribution is 0.0600. The second kappa shape index (κ2) is 10.3. The predicted octanol–water partition coefficient (Wildman–Crippen LogP) is 4.52. The standard InChI is InChI=1S/C25H27N3O5S2/c1-16-12-17(2)14-28(13-16)35(31,32)21-10-8-19(9-11-21)23(29)27-25-26-22(15-34-25)18-4-6-20(7-5-18)24(30)33-3/h4-11,15-17H,12-14H2,1-3H3,(H,26,27,29). The zero-order chi connectivity index (χ0) is 25.2. The summed E-state index contributed by atoms with van der Waals surface area (Å²) >= 11 is 1.27. The molecule has 35 heavy (non-hydrogen) atoms. The van der Waals surface area contributed by atoms with Crippen molar-refractivity contribution in [1.29, 1.82) is 0 Å². The van der Waals surface area contributed by atoms with Crippen LogP contribution < -0.4 is 5.32 Å². The van der Waals surface area contributed by atoms with E-state index in [1.807, 2.05) is 0 Å². The van der Waals surface area contributed by atoms with Crippen LogP contribution >= 0.6 is 11.3 Å². The number of sulfonamides is 1. The maximum Gasteiger partial charge on any atom is 0.337 e. The first-order valence-electron chi connectivity index (χ1n) is 11.2. The van der Waals surface area contributed by atoms with Crippen LogP contribution in [0.2, 0.25) is 0 Å². The molecule has 1 aliphatic heterocycles. The fourth-order valence-corrected chi connectivity index (χ4v) is 6.65. The molecule has 8 nitrogen and oxygen atoms in total. The van der Waals surface area contributed by atoms with Crippen molar-refractivity contribution in [2.24, 2.45) is 11.8 Å². The van der Waals surface area contributed by atoms with Gasteiger partial charge in [-0.15, -0.1) is 11.3 Å². The van der Waals surface area contributed by atoms with Gasteiger partial charge in [-0.3, -0.25) is 10.1 Å². The molecule has 184 valence electrons. The van der Waals surface area contributed by atoms with Gasteiger partial charge in [0, 0.05) is 29.6 Å². The van der Waals surface area contributed by atoms with Crippen molar-refractivity contribution in [3.63, 3.8) is 0 Å². The average Bonchev–Trinajstić information content (AvgIpc) is 3.31.